The SMILES string of the molecule is CC(O)CNC1CCCC2CC21. The Morgan fingerprint density at radius 3 is 3.08 bits per heavy atom. The minimum atomic E-state index is -0.191. The smallest absolute Gasteiger partial charge is 0.0636 e. The normalized spacial score (nSPS) is 42.0. The molecule has 0 saturated heterocycles. The molecular formula is C10H19NO. The van der Waals surface area contributed by atoms with E-state index in [2.05, 4.69) is 5.32 Å². The summed E-state index contributed by atoms with van der Waals surface area (Å²) in [7, 11) is 0. The highest BCUT2D eigenvalue weighted by molar-refractivity contribution is 4.98. The van der Waals surface area contributed by atoms with Gasteiger partial charge in [-0.25, -0.2) is 0 Å². The minimum absolute atomic E-state index is 0.191. The molecule has 0 aromatic rings. The number of aliphatic hydroxyl groups is 1. The molecule has 0 aromatic heterocycles. The fourth-order valence-electron chi connectivity index (χ4n) is 2.49. The second-order valence-corrected chi connectivity index (χ2v) is 4.45. The van der Waals surface area contributed by atoms with Crippen LogP contribution in [0.15, 0.2) is 0 Å². The molecule has 0 spiro atoms. The summed E-state index contributed by atoms with van der Waals surface area (Å²) in [6, 6.07) is 0.721. The lowest BCUT2D eigenvalue weighted by atomic mass is 9.95. The second-order valence-electron chi connectivity index (χ2n) is 4.45. The highest BCUT2D eigenvalue weighted by Gasteiger charge is 2.44. The summed E-state index contributed by atoms with van der Waals surface area (Å²) in [5.74, 6) is 1.99. The molecule has 0 heterocycles. The van der Waals surface area contributed by atoms with Crippen LogP contribution < -0.4 is 5.32 Å². The summed E-state index contributed by atoms with van der Waals surface area (Å²) in [5, 5.41) is 12.6. The summed E-state index contributed by atoms with van der Waals surface area (Å²) in [6.07, 6.45) is 5.42. The van der Waals surface area contributed by atoms with Crippen molar-refractivity contribution < 1.29 is 5.11 Å². The molecule has 0 radical (unpaired) electrons. The van der Waals surface area contributed by atoms with Gasteiger partial charge in [0.2, 0.25) is 0 Å². The predicted molar refractivity (Wildman–Crippen MR) is 48.9 cm³/mol. The molecule has 0 aliphatic heterocycles. The van der Waals surface area contributed by atoms with E-state index in [1.165, 1.54) is 25.7 Å². The fraction of sp³-hybridized carbons (Fsp3) is 1.00. The first-order valence-electron chi connectivity index (χ1n) is 5.19. The van der Waals surface area contributed by atoms with Gasteiger partial charge in [0.05, 0.1) is 6.10 Å². The van der Waals surface area contributed by atoms with E-state index in [0.29, 0.717) is 0 Å². The minimum Gasteiger partial charge on any atom is -0.392 e. The monoisotopic (exact) mass is 169 g/mol. The maximum absolute atomic E-state index is 9.12. The van der Waals surface area contributed by atoms with E-state index in [9.17, 15) is 0 Å². The zero-order chi connectivity index (χ0) is 8.55. The van der Waals surface area contributed by atoms with Crippen LogP contribution >= 0.6 is 0 Å². The number of hydrogen-bond donors (Lipinski definition) is 2. The van der Waals surface area contributed by atoms with E-state index in [1.54, 1.807) is 0 Å². The van der Waals surface area contributed by atoms with Crippen LogP contribution in [0.5, 0.6) is 0 Å². The van der Waals surface area contributed by atoms with Gasteiger partial charge in [0.15, 0.2) is 0 Å². The summed E-state index contributed by atoms with van der Waals surface area (Å²) in [6.45, 7) is 2.62. The lowest BCUT2D eigenvalue weighted by Gasteiger charge is -2.23. The Hall–Kier alpha value is -0.0800. The zero-order valence-electron chi connectivity index (χ0n) is 7.79. The van der Waals surface area contributed by atoms with Crippen molar-refractivity contribution in [2.24, 2.45) is 11.8 Å². The maximum atomic E-state index is 9.12. The number of nitrogens with one attached hydrogen (secondary N) is 1. The van der Waals surface area contributed by atoms with Crippen LogP contribution in [0.25, 0.3) is 0 Å². The van der Waals surface area contributed by atoms with Gasteiger partial charge in [-0.15, -0.1) is 0 Å². The molecule has 2 nitrogen and oxygen atoms in total. The third-order valence-corrected chi connectivity index (χ3v) is 3.26. The molecule has 12 heavy (non-hydrogen) atoms. The topological polar surface area (TPSA) is 32.3 Å². The fourth-order valence-corrected chi connectivity index (χ4v) is 2.49. The average Bonchev–Trinajstić information content (AvgIpc) is 2.78. The Morgan fingerprint density at radius 1 is 1.50 bits per heavy atom. The number of fused-ring (bicyclic) bond motifs is 1. The maximum Gasteiger partial charge on any atom is 0.0636 e. The van der Waals surface area contributed by atoms with Gasteiger partial charge in [-0.3, -0.25) is 0 Å². The molecular weight excluding hydrogens is 150 g/mol. The van der Waals surface area contributed by atoms with Gasteiger partial charge in [0.1, 0.15) is 0 Å². The van der Waals surface area contributed by atoms with Crippen molar-refractivity contribution in [3.8, 4) is 0 Å². The van der Waals surface area contributed by atoms with Crippen LogP contribution in [-0.2, 0) is 0 Å². The molecule has 0 aromatic carbocycles. The Balaban J connectivity index is 1.73. The first-order chi connectivity index (χ1) is 5.77. The Bertz CT molecular complexity index is 158. The van der Waals surface area contributed by atoms with E-state index >= 15 is 0 Å². The number of hydrogen-bond acceptors (Lipinski definition) is 2. The average molecular weight is 169 g/mol. The Labute approximate surface area is 74.4 Å². The zero-order valence-corrected chi connectivity index (χ0v) is 7.79. The second kappa shape index (κ2) is 3.35. The van der Waals surface area contributed by atoms with Crippen molar-refractivity contribution >= 4 is 0 Å². The van der Waals surface area contributed by atoms with Crippen LogP contribution in [0, 0.1) is 11.8 Å². The van der Waals surface area contributed by atoms with Gasteiger partial charge in [-0.2, -0.15) is 0 Å². The first-order valence-corrected chi connectivity index (χ1v) is 5.19. The molecule has 2 N–H and O–H groups in total. The molecule has 2 heteroatoms. The van der Waals surface area contributed by atoms with Crippen molar-refractivity contribution in [2.75, 3.05) is 6.54 Å². The third kappa shape index (κ3) is 1.80. The quantitative estimate of drug-likeness (QED) is 0.664. The molecule has 2 aliphatic carbocycles. The first kappa shape index (κ1) is 8.52. The third-order valence-electron chi connectivity index (χ3n) is 3.26. The summed E-state index contributed by atoms with van der Waals surface area (Å²) in [4.78, 5) is 0. The van der Waals surface area contributed by atoms with Crippen LogP contribution in [0.4, 0.5) is 0 Å². The molecule has 0 bridgehead atoms. The summed E-state index contributed by atoms with van der Waals surface area (Å²) >= 11 is 0. The molecule has 70 valence electrons. The van der Waals surface area contributed by atoms with Crippen LogP contribution in [0.2, 0.25) is 0 Å². The largest absolute Gasteiger partial charge is 0.392 e. The summed E-state index contributed by atoms with van der Waals surface area (Å²) in [5.41, 5.74) is 0. The highest BCUT2D eigenvalue weighted by atomic mass is 16.3. The van der Waals surface area contributed by atoms with Gasteiger partial charge in [-0.1, -0.05) is 12.8 Å². The van der Waals surface area contributed by atoms with E-state index < -0.39 is 0 Å². The van der Waals surface area contributed by atoms with Crippen LogP contribution in [-0.4, -0.2) is 23.8 Å². The van der Waals surface area contributed by atoms with Gasteiger partial charge in [0.25, 0.3) is 0 Å². The van der Waals surface area contributed by atoms with Crippen molar-refractivity contribution in [1.82, 2.24) is 5.32 Å². The Kier molecular flexibility index (Phi) is 2.37. The lowest BCUT2D eigenvalue weighted by molar-refractivity contribution is 0.179. The van der Waals surface area contributed by atoms with Gasteiger partial charge in [-0.05, 0) is 31.6 Å². The Morgan fingerprint density at radius 2 is 2.33 bits per heavy atom. The molecule has 2 fully saturated rings. The van der Waals surface area contributed by atoms with Crippen molar-refractivity contribution in [1.29, 1.82) is 0 Å². The van der Waals surface area contributed by atoms with Gasteiger partial charge >= 0.3 is 0 Å². The highest BCUT2D eigenvalue weighted by Crippen LogP contribution is 2.49. The van der Waals surface area contributed by atoms with E-state index in [0.717, 1.165) is 24.4 Å². The summed E-state index contributed by atoms with van der Waals surface area (Å²) < 4.78 is 0. The molecule has 2 saturated carbocycles. The standard InChI is InChI=1S/C10H19NO/c1-7(12)6-11-10-4-2-3-8-5-9(8)10/h7-12H,2-6H2,1H3. The lowest BCUT2D eigenvalue weighted by Crippen LogP contribution is -2.37. The van der Waals surface area contributed by atoms with Crippen molar-refractivity contribution in [3.05, 3.63) is 0 Å². The predicted octanol–water partition coefficient (Wildman–Crippen LogP) is 1.15. The molecule has 4 unspecified atom stereocenters. The van der Waals surface area contributed by atoms with Crippen LogP contribution in [0.3, 0.4) is 0 Å². The number of rotatable bonds is 3. The van der Waals surface area contributed by atoms with Gasteiger partial charge in [0, 0.05) is 12.6 Å². The van der Waals surface area contributed by atoms with Gasteiger partial charge < -0.3 is 10.4 Å². The van der Waals surface area contributed by atoms with E-state index in [4.69, 9.17) is 5.11 Å². The van der Waals surface area contributed by atoms with E-state index in [1.807, 2.05) is 6.92 Å². The molecule has 0 amide bonds. The molecule has 4 atom stereocenters. The van der Waals surface area contributed by atoms with E-state index in [-0.39, 0.29) is 6.10 Å². The molecule has 2 rings (SSSR count). The van der Waals surface area contributed by atoms with Crippen LogP contribution in [0.1, 0.15) is 32.6 Å². The number of aliphatic hydroxyl groups excluding tert-OH is 1. The van der Waals surface area contributed by atoms with Crippen molar-refractivity contribution in [2.45, 2.75) is 44.8 Å². The molecule has 2 aliphatic rings. The van der Waals surface area contributed by atoms with Crippen molar-refractivity contribution in [3.63, 3.8) is 0 Å².